The zero-order chi connectivity index (χ0) is 28.8. The summed E-state index contributed by atoms with van der Waals surface area (Å²) in [5, 5.41) is 0.884. The second-order valence-corrected chi connectivity index (χ2v) is 11.0. The molecule has 1 aliphatic carbocycles. The molecule has 0 bridgehead atoms. The van der Waals surface area contributed by atoms with Gasteiger partial charge in [0, 0.05) is 18.1 Å². The Balaban J connectivity index is 1.42. The number of carbonyl (C=O) groups is 1. The number of likely N-dealkylation sites (tertiary alicyclic amines) is 1. The van der Waals surface area contributed by atoms with Gasteiger partial charge in [-0.3, -0.25) is 14.5 Å². The van der Waals surface area contributed by atoms with Crippen LogP contribution >= 0.6 is 0 Å². The monoisotopic (exact) mass is 565 g/mol. The number of aromatic nitrogens is 1. The first kappa shape index (κ1) is 28.2. The van der Waals surface area contributed by atoms with Crippen molar-refractivity contribution in [3.8, 4) is 0 Å². The van der Waals surface area contributed by atoms with Gasteiger partial charge in [-0.25, -0.2) is 0 Å². The summed E-state index contributed by atoms with van der Waals surface area (Å²) in [5.41, 5.74) is 2.83. The number of amides is 1. The molecule has 1 aliphatic heterocycles. The number of carbonyl (C=O) groups excluding carboxylic acids is 1. The van der Waals surface area contributed by atoms with Crippen molar-refractivity contribution in [2.75, 3.05) is 6.54 Å². The van der Waals surface area contributed by atoms with Crippen molar-refractivity contribution in [3.63, 3.8) is 0 Å². The summed E-state index contributed by atoms with van der Waals surface area (Å²) >= 11 is 0. The van der Waals surface area contributed by atoms with Gasteiger partial charge in [-0.15, -0.1) is 0 Å². The zero-order valence-corrected chi connectivity index (χ0v) is 21.6. The predicted octanol–water partition coefficient (Wildman–Crippen LogP) is 5.95. The van der Waals surface area contributed by atoms with Gasteiger partial charge in [-0.1, -0.05) is 25.0 Å². The standard InChI is InChI=1S/C29H29F6N3O2/c30-28(31,32)21-11-19(12-22(14-21)29(33,34)35)15-38-9-7-23-20(2-1-3-24(23)27(38)40)16-37-8-6-18(10-17-4-5-17)13-25(37)26(36)39/h1-3,7,9,11-12,14,17-18,25H,4-6,8,10,13,15-16H2,(H2,36,39). The summed E-state index contributed by atoms with van der Waals surface area (Å²) in [4.78, 5) is 27.6. The molecule has 5 rings (SSSR count). The van der Waals surface area contributed by atoms with Crippen molar-refractivity contribution in [2.24, 2.45) is 17.6 Å². The van der Waals surface area contributed by atoms with E-state index in [0.717, 1.165) is 28.9 Å². The molecule has 40 heavy (non-hydrogen) atoms. The second-order valence-electron chi connectivity index (χ2n) is 11.0. The van der Waals surface area contributed by atoms with Crippen LogP contribution in [0.3, 0.4) is 0 Å². The minimum Gasteiger partial charge on any atom is -0.368 e. The average molecular weight is 566 g/mol. The number of nitrogens with two attached hydrogens (primary N) is 1. The van der Waals surface area contributed by atoms with E-state index < -0.39 is 41.6 Å². The van der Waals surface area contributed by atoms with Crippen molar-refractivity contribution in [3.05, 3.63) is 81.3 Å². The van der Waals surface area contributed by atoms with E-state index in [9.17, 15) is 35.9 Å². The lowest BCUT2D eigenvalue weighted by molar-refractivity contribution is -0.143. The first-order chi connectivity index (χ1) is 18.8. The summed E-state index contributed by atoms with van der Waals surface area (Å²) in [6.07, 6.45) is -3.34. The fraction of sp³-hybridized carbons (Fsp3) is 0.448. The Kier molecular flexibility index (Phi) is 7.45. The number of piperidine rings is 1. The molecule has 2 N–H and O–H groups in total. The van der Waals surface area contributed by atoms with E-state index in [1.807, 2.05) is 11.0 Å². The van der Waals surface area contributed by atoms with Crippen molar-refractivity contribution in [1.82, 2.24) is 9.47 Å². The number of alkyl halides is 6. The highest BCUT2D eigenvalue weighted by atomic mass is 19.4. The molecular weight excluding hydrogens is 536 g/mol. The van der Waals surface area contributed by atoms with Crippen LogP contribution < -0.4 is 11.3 Å². The molecule has 1 saturated carbocycles. The Morgan fingerprint density at radius 3 is 2.15 bits per heavy atom. The van der Waals surface area contributed by atoms with Crippen LogP contribution in [-0.4, -0.2) is 28.0 Å². The Morgan fingerprint density at radius 1 is 0.875 bits per heavy atom. The van der Waals surface area contributed by atoms with Gasteiger partial charge in [-0.2, -0.15) is 26.3 Å². The van der Waals surface area contributed by atoms with E-state index in [4.69, 9.17) is 5.73 Å². The van der Waals surface area contributed by atoms with Gasteiger partial charge in [-0.05, 0) is 84.5 Å². The molecule has 1 aromatic heterocycles. The minimum atomic E-state index is -4.98. The number of hydrogen-bond acceptors (Lipinski definition) is 3. The van der Waals surface area contributed by atoms with Gasteiger partial charge in [0.15, 0.2) is 0 Å². The molecule has 5 nitrogen and oxygen atoms in total. The SMILES string of the molecule is NC(=O)C1CC(CC2CC2)CCN1Cc1cccc2c(=O)n(Cc3cc(C(F)(F)F)cc(C(F)(F)F)c3)ccc12. The largest absolute Gasteiger partial charge is 0.416 e. The fourth-order valence-electron chi connectivity index (χ4n) is 5.78. The zero-order valence-electron chi connectivity index (χ0n) is 21.6. The van der Waals surface area contributed by atoms with E-state index in [1.165, 1.54) is 19.0 Å². The predicted molar refractivity (Wildman–Crippen MR) is 137 cm³/mol. The summed E-state index contributed by atoms with van der Waals surface area (Å²) in [5.74, 6) is 0.818. The van der Waals surface area contributed by atoms with Crippen LogP contribution in [-0.2, 0) is 30.2 Å². The highest BCUT2D eigenvalue weighted by molar-refractivity contribution is 5.85. The van der Waals surface area contributed by atoms with Crippen LogP contribution in [0.2, 0.25) is 0 Å². The molecule has 2 unspecified atom stereocenters. The Bertz CT molecular complexity index is 1440. The topological polar surface area (TPSA) is 68.3 Å². The van der Waals surface area contributed by atoms with E-state index in [-0.39, 0.29) is 22.9 Å². The lowest BCUT2D eigenvalue weighted by Gasteiger charge is -2.38. The Morgan fingerprint density at radius 2 is 1.55 bits per heavy atom. The number of nitrogens with zero attached hydrogens (tertiary/aromatic N) is 2. The third kappa shape index (κ3) is 6.19. The molecular formula is C29H29F6N3O2. The molecule has 2 aliphatic rings. The lowest BCUT2D eigenvalue weighted by atomic mass is 9.86. The van der Waals surface area contributed by atoms with Crippen LogP contribution in [0, 0.1) is 11.8 Å². The van der Waals surface area contributed by atoms with Gasteiger partial charge in [0.2, 0.25) is 5.91 Å². The third-order valence-electron chi connectivity index (χ3n) is 8.00. The highest BCUT2D eigenvalue weighted by Crippen LogP contribution is 2.40. The molecule has 11 heteroatoms. The maximum Gasteiger partial charge on any atom is 0.416 e. The van der Waals surface area contributed by atoms with Crippen LogP contribution in [0.25, 0.3) is 10.8 Å². The maximum absolute atomic E-state index is 13.3. The Labute approximate surface area is 226 Å². The van der Waals surface area contributed by atoms with Crippen molar-refractivity contribution in [2.45, 2.75) is 63.6 Å². The second kappa shape index (κ2) is 10.6. The quantitative estimate of drug-likeness (QED) is 0.360. The number of fused-ring (bicyclic) bond motifs is 1. The molecule has 2 fully saturated rings. The molecule has 2 aromatic carbocycles. The first-order valence-corrected chi connectivity index (χ1v) is 13.2. The minimum absolute atomic E-state index is 0.0625. The number of halogens is 6. The summed E-state index contributed by atoms with van der Waals surface area (Å²) in [7, 11) is 0. The molecule has 1 amide bonds. The van der Waals surface area contributed by atoms with Gasteiger partial charge in [0.1, 0.15) is 0 Å². The maximum atomic E-state index is 13.3. The van der Waals surface area contributed by atoms with E-state index in [2.05, 4.69) is 0 Å². The summed E-state index contributed by atoms with van der Waals surface area (Å²) in [6, 6.07) is 7.60. The van der Waals surface area contributed by atoms with Gasteiger partial charge < -0.3 is 10.3 Å². The molecule has 0 spiro atoms. The van der Waals surface area contributed by atoms with E-state index in [1.54, 1.807) is 18.2 Å². The van der Waals surface area contributed by atoms with E-state index in [0.29, 0.717) is 42.9 Å². The van der Waals surface area contributed by atoms with Crippen LogP contribution in [0.1, 0.15) is 54.4 Å². The van der Waals surface area contributed by atoms with Gasteiger partial charge >= 0.3 is 12.4 Å². The van der Waals surface area contributed by atoms with Crippen molar-refractivity contribution in [1.29, 1.82) is 0 Å². The average Bonchev–Trinajstić information content (AvgIpc) is 3.69. The fourth-order valence-corrected chi connectivity index (χ4v) is 5.78. The molecule has 1 saturated heterocycles. The smallest absolute Gasteiger partial charge is 0.368 e. The van der Waals surface area contributed by atoms with Crippen molar-refractivity contribution < 1.29 is 31.1 Å². The molecule has 0 radical (unpaired) electrons. The third-order valence-corrected chi connectivity index (χ3v) is 8.00. The lowest BCUT2D eigenvalue weighted by Crippen LogP contribution is -2.49. The summed E-state index contributed by atoms with van der Waals surface area (Å²) < 4.78 is 80.8. The normalized spacial score (nSPS) is 20.6. The number of rotatable bonds is 7. The summed E-state index contributed by atoms with van der Waals surface area (Å²) in [6.45, 7) is 0.604. The Hall–Kier alpha value is -3.34. The van der Waals surface area contributed by atoms with Crippen LogP contribution in [0.4, 0.5) is 26.3 Å². The molecule has 2 atom stereocenters. The number of primary amides is 1. The van der Waals surface area contributed by atoms with Crippen molar-refractivity contribution >= 4 is 16.7 Å². The molecule has 214 valence electrons. The number of pyridine rings is 1. The number of benzene rings is 2. The van der Waals surface area contributed by atoms with Gasteiger partial charge in [0.25, 0.3) is 5.56 Å². The van der Waals surface area contributed by atoms with Crippen LogP contribution in [0.5, 0.6) is 0 Å². The number of hydrogen-bond donors (Lipinski definition) is 1. The van der Waals surface area contributed by atoms with Crippen LogP contribution in [0.15, 0.2) is 53.5 Å². The molecule has 2 heterocycles. The van der Waals surface area contributed by atoms with Gasteiger partial charge in [0.05, 0.1) is 23.7 Å². The molecule has 3 aromatic rings. The first-order valence-electron chi connectivity index (χ1n) is 13.2. The highest BCUT2D eigenvalue weighted by Gasteiger charge is 2.37. The van der Waals surface area contributed by atoms with E-state index >= 15 is 0 Å².